The van der Waals surface area contributed by atoms with E-state index in [1.165, 1.54) is 31.5 Å². The summed E-state index contributed by atoms with van der Waals surface area (Å²) in [7, 11) is 0. The van der Waals surface area contributed by atoms with Crippen LogP contribution < -0.4 is 10.1 Å². The third-order valence-corrected chi connectivity index (χ3v) is 3.84. The number of carbonyl (C=O) groups excluding carboxylic acids is 1. The zero-order valence-electron chi connectivity index (χ0n) is 14.7. The van der Waals surface area contributed by atoms with E-state index < -0.39 is 10.9 Å². The first-order chi connectivity index (χ1) is 12.9. The van der Waals surface area contributed by atoms with Gasteiger partial charge in [0.25, 0.3) is 5.69 Å². The molecule has 3 aromatic rings. The van der Waals surface area contributed by atoms with Gasteiger partial charge in [0.2, 0.25) is 0 Å². The largest absolute Gasteiger partial charge is 0.423 e. The van der Waals surface area contributed by atoms with Crippen LogP contribution in [0.25, 0.3) is 0 Å². The van der Waals surface area contributed by atoms with E-state index in [1.807, 2.05) is 6.92 Å². The highest BCUT2D eigenvalue weighted by Gasteiger charge is 2.19. The number of benzene rings is 2. The van der Waals surface area contributed by atoms with Crippen molar-refractivity contribution in [3.63, 3.8) is 0 Å². The highest BCUT2D eigenvalue weighted by atomic mass is 16.6. The molecule has 0 spiro atoms. The molecule has 8 nitrogen and oxygen atoms in total. The zero-order valence-corrected chi connectivity index (χ0v) is 14.7. The number of aromatic nitrogens is 2. The molecule has 0 aliphatic carbocycles. The van der Waals surface area contributed by atoms with Crippen molar-refractivity contribution in [1.82, 2.24) is 9.97 Å². The maximum atomic E-state index is 12.4. The van der Waals surface area contributed by atoms with Gasteiger partial charge in [-0.2, -0.15) is 0 Å². The van der Waals surface area contributed by atoms with E-state index in [4.69, 9.17) is 4.74 Å². The predicted octanol–water partition coefficient (Wildman–Crippen LogP) is 3.96. The molecule has 136 valence electrons. The Balaban J connectivity index is 1.79. The van der Waals surface area contributed by atoms with Gasteiger partial charge in [0.05, 0.1) is 10.5 Å². The molecule has 8 heteroatoms. The van der Waals surface area contributed by atoms with Crippen molar-refractivity contribution in [1.29, 1.82) is 0 Å². The van der Waals surface area contributed by atoms with Crippen molar-refractivity contribution in [3.05, 3.63) is 81.8 Å². The first-order valence-corrected chi connectivity index (χ1v) is 8.06. The van der Waals surface area contributed by atoms with Crippen LogP contribution in [0.4, 0.5) is 17.2 Å². The quantitative estimate of drug-likeness (QED) is 0.316. The molecular formula is C19H16N4O4. The van der Waals surface area contributed by atoms with Crippen molar-refractivity contribution < 1.29 is 14.5 Å². The van der Waals surface area contributed by atoms with Gasteiger partial charge >= 0.3 is 5.97 Å². The standard InChI is InChI=1S/C19H16N4O4/c1-12-9-18(21-11-20-12)22-14-5-3-6-15(10-14)27-19(24)16-7-4-8-17(13(16)2)23(25)26/h3-11H,1-2H3,(H,20,21,22). The number of nitro benzene ring substituents is 1. The second kappa shape index (κ2) is 7.61. The van der Waals surface area contributed by atoms with E-state index in [2.05, 4.69) is 15.3 Å². The average molecular weight is 364 g/mol. The van der Waals surface area contributed by atoms with Crippen LogP contribution in [0.5, 0.6) is 5.75 Å². The van der Waals surface area contributed by atoms with Gasteiger partial charge in [-0.15, -0.1) is 0 Å². The fraction of sp³-hybridized carbons (Fsp3) is 0.105. The fourth-order valence-corrected chi connectivity index (χ4v) is 2.51. The monoisotopic (exact) mass is 364 g/mol. The second-order valence-corrected chi connectivity index (χ2v) is 5.79. The number of ether oxygens (including phenoxy) is 1. The van der Waals surface area contributed by atoms with Gasteiger partial charge < -0.3 is 10.1 Å². The fourth-order valence-electron chi connectivity index (χ4n) is 2.51. The van der Waals surface area contributed by atoms with Gasteiger partial charge in [0.15, 0.2) is 0 Å². The van der Waals surface area contributed by atoms with Gasteiger partial charge in [-0.05, 0) is 32.0 Å². The summed E-state index contributed by atoms with van der Waals surface area (Å²) >= 11 is 0. The Morgan fingerprint density at radius 3 is 2.63 bits per heavy atom. The summed E-state index contributed by atoms with van der Waals surface area (Å²) < 4.78 is 5.38. The molecule has 3 rings (SSSR count). The van der Waals surface area contributed by atoms with Crippen LogP contribution in [0.15, 0.2) is 54.9 Å². The third kappa shape index (κ3) is 4.24. The van der Waals surface area contributed by atoms with Crippen LogP contribution in [0.2, 0.25) is 0 Å². The molecule has 0 amide bonds. The molecule has 1 N–H and O–H groups in total. The number of nitro groups is 1. The summed E-state index contributed by atoms with van der Waals surface area (Å²) in [6.07, 6.45) is 1.45. The summed E-state index contributed by atoms with van der Waals surface area (Å²) in [4.78, 5) is 31.1. The smallest absolute Gasteiger partial charge is 0.344 e. The molecule has 0 aliphatic rings. The Labute approximate surface area is 155 Å². The van der Waals surface area contributed by atoms with Crippen molar-refractivity contribution in [2.24, 2.45) is 0 Å². The lowest BCUT2D eigenvalue weighted by Gasteiger charge is -2.10. The lowest BCUT2D eigenvalue weighted by molar-refractivity contribution is -0.385. The van der Waals surface area contributed by atoms with Gasteiger partial charge in [-0.1, -0.05) is 12.1 Å². The van der Waals surface area contributed by atoms with Crippen LogP contribution in [0, 0.1) is 24.0 Å². The molecule has 1 heterocycles. The second-order valence-electron chi connectivity index (χ2n) is 5.79. The number of nitrogens with one attached hydrogen (secondary N) is 1. The van der Waals surface area contributed by atoms with Crippen molar-refractivity contribution in [2.45, 2.75) is 13.8 Å². The Morgan fingerprint density at radius 2 is 1.89 bits per heavy atom. The van der Waals surface area contributed by atoms with Gasteiger partial charge in [-0.25, -0.2) is 14.8 Å². The van der Waals surface area contributed by atoms with Crippen LogP contribution in [0.3, 0.4) is 0 Å². The first kappa shape index (κ1) is 18.0. The Morgan fingerprint density at radius 1 is 1.11 bits per heavy atom. The first-order valence-electron chi connectivity index (χ1n) is 8.06. The number of carbonyl (C=O) groups is 1. The van der Waals surface area contributed by atoms with Gasteiger partial charge in [0.1, 0.15) is 17.9 Å². The lowest BCUT2D eigenvalue weighted by Crippen LogP contribution is -2.11. The topological polar surface area (TPSA) is 107 Å². The number of esters is 1. The molecule has 27 heavy (non-hydrogen) atoms. The SMILES string of the molecule is Cc1cc(Nc2cccc(OC(=O)c3cccc([N+](=O)[O-])c3C)c2)ncn1. The number of nitrogens with zero attached hydrogens (tertiary/aromatic N) is 3. The van der Waals surface area contributed by atoms with E-state index >= 15 is 0 Å². The highest BCUT2D eigenvalue weighted by molar-refractivity contribution is 5.93. The highest BCUT2D eigenvalue weighted by Crippen LogP contribution is 2.24. The van der Waals surface area contributed by atoms with Crippen LogP contribution in [-0.2, 0) is 0 Å². The summed E-state index contributed by atoms with van der Waals surface area (Å²) in [5, 5.41) is 14.1. The third-order valence-electron chi connectivity index (χ3n) is 3.84. The molecule has 2 aromatic carbocycles. The Hall–Kier alpha value is -3.81. The molecule has 0 aliphatic heterocycles. The van der Waals surface area contributed by atoms with E-state index in [9.17, 15) is 14.9 Å². The predicted molar refractivity (Wildman–Crippen MR) is 99.3 cm³/mol. The van der Waals surface area contributed by atoms with E-state index in [0.29, 0.717) is 17.3 Å². The van der Waals surface area contributed by atoms with Crippen molar-refractivity contribution in [2.75, 3.05) is 5.32 Å². The minimum absolute atomic E-state index is 0.126. The number of aryl methyl sites for hydroxylation is 1. The van der Waals surface area contributed by atoms with Crippen molar-refractivity contribution >= 4 is 23.2 Å². The number of rotatable bonds is 5. The molecular weight excluding hydrogens is 348 g/mol. The lowest BCUT2D eigenvalue weighted by atomic mass is 10.1. The van der Waals surface area contributed by atoms with Crippen molar-refractivity contribution in [3.8, 4) is 5.75 Å². The van der Waals surface area contributed by atoms with E-state index in [0.717, 1.165) is 5.69 Å². The molecule has 0 saturated heterocycles. The molecule has 0 saturated carbocycles. The molecule has 1 aromatic heterocycles. The minimum atomic E-state index is -0.661. The zero-order chi connectivity index (χ0) is 19.4. The molecule has 0 bridgehead atoms. The maximum Gasteiger partial charge on any atom is 0.344 e. The summed E-state index contributed by atoms with van der Waals surface area (Å²) in [5.74, 6) is 0.258. The van der Waals surface area contributed by atoms with Gasteiger partial charge in [0, 0.05) is 35.1 Å². The van der Waals surface area contributed by atoms with E-state index in [1.54, 1.807) is 30.3 Å². The normalized spacial score (nSPS) is 10.3. The maximum absolute atomic E-state index is 12.4. The van der Waals surface area contributed by atoms with Crippen LogP contribution >= 0.6 is 0 Å². The number of hydrogen-bond acceptors (Lipinski definition) is 7. The summed E-state index contributed by atoms with van der Waals surface area (Å²) in [6, 6.07) is 12.9. The Kier molecular flexibility index (Phi) is 5.07. The molecule has 0 atom stereocenters. The summed E-state index contributed by atoms with van der Waals surface area (Å²) in [5.41, 5.74) is 1.77. The minimum Gasteiger partial charge on any atom is -0.423 e. The Bertz CT molecular complexity index is 1020. The number of hydrogen-bond donors (Lipinski definition) is 1. The number of anilines is 2. The van der Waals surface area contributed by atoms with Crippen LogP contribution in [-0.4, -0.2) is 20.9 Å². The molecule has 0 fully saturated rings. The van der Waals surface area contributed by atoms with Gasteiger partial charge in [-0.3, -0.25) is 10.1 Å². The summed E-state index contributed by atoms with van der Waals surface area (Å²) in [6.45, 7) is 3.37. The van der Waals surface area contributed by atoms with E-state index in [-0.39, 0.29) is 16.8 Å². The molecule has 0 radical (unpaired) electrons. The average Bonchev–Trinajstić information content (AvgIpc) is 2.62. The molecule has 0 unspecified atom stereocenters. The van der Waals surface area contributed by atoms with Crippen LogP contribution in [0.1, 0.15) is 21.6 Å².